The van der Waals surface area contributed by atoms with Crippen LogP contribution in [-0.4, -0.2) is 44.0 Å². The van der Waals surface area contributed by atoms with Crippen molar-refractivity contribution in [2.45, 2.75) is 32.0 Å². The third-order valence-corrected chi connectivity index (χ3v) is 6.04. The number of sulfone groups is 1. The first-order valence-electron chi connectivity index (χ1n) is 7.33. The number of nitrogens with one attached hydrogen (secondary N) is 1. The van der Waals surface area contributed by atoms with Crippen LogP contribution in [0.2, 0.25) is 0 Å². The molecule has 3 rings (SSSR count). The lowest BCUT2D eigenvalue weighted by molar-refractivity contribution is -0.123. The first kappa shape index (κ1) is 15.4. The van der Waals surface area contributed by atoms with E-state index in [-0.39, 0.29) is 35.2 Å². The summed E-state index contributed by atoms with van der Waals surface area (Å²) in [5, 5.41) is 3.19. The molecule has 2 fully saturated rings. The molecule has 2 saturated heterocycles. The van der Waals surface area contributed by atoms with Crippen LogP contribution < -0.4 is 10.2 Å². The molecule has 7 heteroatoms. The average Bonchev–Trinajstić information content (AvgIpc) is 2.73. The third-order valence-electron chi connectivity index (χ3n) is 4.32. The zero-order valence-electron chi connectivity index (χ0n) is 12.5. The predicted octanol–water partition coefficient (Wildman–Crippen LogP) is 0.952. The molecule has 0 saturated carbocycles. The highest BCUT2D eigenvalue weighted by molar-refractivity contribution is 7.91. The predicted molar refractivity (Wildman–Crippen MR) is 81.9 cm³/mol. The first-order valence-corrected chi connectivity index (χ1v) is 9.16. The fourth-order valence-corrected chi connectivity index (χ4v) is 5.16. The summed E-state index contributed by atoms with van der Waals surface area (Å²) in [5.41, 5.74) is 0.547. The van der Waals surface area contributed by atoms with Gasteiger partial charge in [-0.2, -0.15) is 0 Å². The molecule has 1 N–H and O–H groups in total. The van der Waals surface area contributed by atoms with E-state index in [0.717, 1.165) is 0 Å². The highest BCUT2D eigenvalue weighted by Crippen LogP contribution is 2.30. The maximum Gasteiger partial charge on any atom is 0.244 e. The Morgan fingerprint density at radius 1 is 1.23 bits per heavy atom. The molecule has 0 unspecified atom stereocenters. The minimum Gasteiger partial charge on any atom is -0.305 e. The van der Waals surface area contributed by atoms with Gasteiger partial charge in [-0.25, -0.2) is 12.8 Å². The standard InChI is InChI=1S/C15H19FN2O3S/c1-9(2)14-15(19)18(11-5-3-10(16)4-6-11)13-8-22(20,21)7-12(13)17-14/h3-6,9,12-14,17H,7-8H2,1-2H3/t12-,13+,14+/m1/s1. The molecule has 2 aliphatic rings. The van der Waals surface area contributed by atoms with E-state index in [1.807, 2.05) is 13.8 Å². The Morgan fingerprint density at radius 2 is 1.86 bits per heavy atom. The Morgan fingerprint density at radius 3 is 2.45 bits per heavy atom. The first-order chi connectivity index (χ1) is 10.3. The van der Waals surface area contributed by atoms with E-state index < -0.39 is 21.9 Å². The van der Waals surface area contributed by atoms with Crippen LogP contribution in [0.4, 0.5) is 10.1 Å². The van der Waals surface area contributed by atoms with E-state index in [1.54, 1.807) is 0 Å². The molecule has 0 spiro atoms. The second kappa shape index (κ2) is 5.31. The van der Waals surface area contributed by atoms with Crippen LogP contribution >= 0.6 is 0 Å². The van der Waals surface area contributed by atoms with E-state index in [1.165, 1.54) is 29.2 Å². The Kier molecular flexibility index (Phi) is 3.72. The number of anilines is 1. The van der Waals surface area contributed by atoms with Crippen molar-refractivity contribution in [2.75, 3.05) is 16.4 Å². The number of piperazine rings is 1. The lowest BCUT2D eigenvalue weighted by atomic mass is 9.94. The van der Waals surface area contributed by atoms with Gasteiger partial charge in [-0.3, -0.25) is 10.1 Å². The largest absolute Gasteiger partial charge is 0.305 e. The molecule has 0 radical (unpaired) electrons. The Bertz CT molecular complexity index is 687. The lowest BCUT2D eigenvalue weighted by Gasteiger charge is -2.42. The number of carbonyl (C=O) groups is 1. The van der Waals surface area contributed by atoms with Crippen LogP contribution in [0.3, 0.4) is 0 Å². The number of amides is 1. The van der Waals surface area contributed by atoms with Crippen molar-refractivity contribution in [3.63, 3.8) is 0 Å². The van der Waals surface area contributed by atoms with Gasteiger partial charge in [-0.05, 0) is 30.2 Å². The number of carbonyl (C=O) groups excluding carboxylic acids is 1. The molecule has 0 bridgehead atoms. The summed E-state index contributed by atoms with van der Waals surface area (Å²) < 4.78 is 37.1. The second-order valence-electron chi connectivity index (χ2n) is 6.32. The van der Waals surface area contributed by atoms with Crippen LogP contribution in [-0.2, 0) is 14.6 Å². The molecule has 1 amide bonds. The molecule has 1 aromatic carbocycles. The van der Waals surface area contributed by atoms with Gasteiger partial charge in [0.1, 0.15) is 5.82 Å². The quantitative estimate of drug-likeness (QED) is 0.879. The van der Waals surface area contributed by atoms with E-state index in [9.17, 15) is 17.6 Å². The zero-order chi connectivity index (χ0) is 16.1. The molecule has 0 aromatic heterocycles. The van der Waals surface area contributed by atoms with E-state index >= 15 is 0 Å². The monoisotopic (exact) mass is 326 g/mol. The molecule has 5 nitrogen and oxygen atoms in total. The fourth-order valence-electron chi connectivity index (χ4n) is 3.26. The van der Waals surface area contributed by atoms with Gasteiger partial charge in [0.25, 0.3) is 0 Å². The van der Waals surface area contributed by atoms with Crippen LogP contribution in [0.25, 0.3) is 0 Å². The van der Waals surface area contributed by atoms with Crippen molar-refractivity contribution < 1.29 is 17.6 Å². The number of hydrogen-bond acceptors (Lipinski definition) is 4. The number of rotatable bonds is 2. The minimum atomic E-state index is -3.18. The molecule has 1 aromatic rings. The summed E-state index contributed by atoms with van der Waals surface area (Å²) >= 11 is 0. The van der Waals surface area contributed by atoms with Crippen LogP contribution in [0.5, 0.6) is 0 Å². The summed E-state index contributed by atoms with van der Waals surface area (Å²) in [5.74, 6) is -0.522. The number of hydrogen-bond donors (Lipinski definition) is 1. The minimum absolute atomic E-state index is 0.0336. The number of nitrogens with zero attached hydrogens (tertiary/aromatic N) is 1. The maximum atomic E-state index is 13.1. The molecule has 0 aliphatic carbocycles. The van der Waals surface area contributed by atoms with Gasteiger partial charge >= 0.3 is 0 Å². The van der Waals surface area contributed by atoms with Crippen LogP contribution in [0, 0.1) is 11.7 Å². The molecular weight excluding hydrogens is 307 g/mol. The second-order valence-corrected chi connectivity index (χ2v) is 8.48. The topological polar surface area (TPSA) is 66.5 Å². The van der Waals surface area contributed by atoms with Crippen molar-refractivity contribution in [2.24, 2.45) is 5.92 Å². The molecule has 3 atom stereocenters. The summed E-state index contributed by atoms with van der Waals surface area (Å²) in [6, 6.07) is 4.48. The lowest BCUT2D eigenvalue weighted by Crippen LogP contribution is -2.66. The normalized spacial score (nSPS) is 30.6. The van der Waals surface area contributed by atoms with Gasteiger partial charge < -0.3 is 4.90 Å². The van der Waals surface area contributed by atoms with Gasteiger partial charge in [0.05, 0.1) is 23.6 Å². The summed E-state index contributed by atoms with van der Waals surface area (Å²) in [7, 11) is -3.18. The number of benzene rings is 1. The highest BCUT2D eigenvalue weighted by Gasteiger charge is 2.49. The Hall–Kier alpha value is -1.47. The van der Waals surface area contributed by atoms with Gasteiger partial charge in [0, 0.05) is 11.7 Å². The molecule has 2 heterocycles. The highest BCUT2D eigenvalue weighted by atomic mass is 32.2. The van der Waals surface area contributed by atoms with Crippen molar-refractivity contribution in [3.05, 3.63) is 30.1 Å². The van der Waals surface area contributed by atoms with E-state index in [4.69, 9.17) is 0 Å². The van der Waals surface area contributed by atoms with E-state index in [2.05, 4.69) is 5.32 Å². The van der Waals surface area contributed by atoms with Crippen molar-refractivity contribution in [3.8, 4) is 0 Å². The van der Waals surface area contributed by atoms with Gasteiger partial charge in [0.2, 0.25) is 5.91 Å². The molecule has 120 valence electrons. The maximum absolute atomic E-state index is 13.1. The summed E-state index contributed by atoms with van der Waals surface area (Å²) in [6.07, 6.45) is 0. The Balaban J connectivity index is 2.03. The number of fused-ring (bicyclic) bond motifs is 1. The van der Waals surface area contributed by atoms with Crippen LogP contribution in [0.15, 0.2) is 24.3 Å². The third kappa shape index (κ3) is 2.63. The number of halogens is 1. The summed E-state index contributed by atoms with van der Waals surface area (Å²) in [6.45, 7) is 3.84. The fraction of sp³-hybridized carbons (Fsp3) is 0.533. The molecule has 22 heavy (non-hydrogen) atoms. The van der Waals surface area contributed by atoms with Crippen molar-refractivity contribution in [1.82, 2.24) is 5.32 Å². The molecular formula is C15H19FN2O3S. The van der Waals surface area contributed by atoms with Gasteiger partial charge in [-0.15, -0.1) is 0 Å². The SMILES string of the molecule is CC(C)[C@@H]1N[C@@H]2CS(=O)(=O)C[C@@H]2N(c2ccc(F)cc2)C1=O. The van der Waals surface area contributed by atoms with Gasteiger partial charge in [0.15, 0.2) is 9.84 Å². The Labute approximate surface area is 129 Å². The zero-order valence-corrected chi connectivity index (χ0v) is 13.3. The van der Waals surface area contributed by atoms with E-state index in [0.29, 0.717) is 5.69 Å². The van der Waals surface area contributed by atoms with Gasteiger partial charge in [-0.1, -0.05) is 13.8 Å². The van der Waals surface area contributed by atoms with Crippen LogP contribution in [0.1, 0.15) is 13.8 Å². The van der Waals surface area contributed by atoms with Crippen molar-refractivity contribution in [1.29, 1.82) is 0 Å². The average molecular weight is 326 g/mol. The molecule has 2 aliphatic heterocycles. The summed E-state index contributed by atoms with van der Waals surface area (Å²) in [4.78, 5) is 14.3. The van der Waals surface area contributed by atoms with Crippen molar-refractivity contribution >= 4 is 21.4 Å². The smallest absolute Gasteiger partial charge is 0.244 e.